The lowest BCUT2D eigenvalue weighted by atomic mass is 10.3. The number of oxazole rings is 1. The first-order chi connectivity index (χ1) is 11.7. The molecule has 0 fully saturated rings. The maximum absolute atomic E-state index is 12.5. The van der Waals surface area contributed by atoms with Gasteiger partial charge in [0.25, 0.3) is 10.0 Å². The molecule has 1 aromatic heterocycles. The number of anilines is 2. The van der Waals surface area contributed by atoms with Gasteiger partial charge in [-0.15, -0.1) is 0 Å². The number of rotatable bonds is 4. The van der Waals surface area contributed by atoms with E-state index in [1.807, 2.05) is 0 Å². The van der Waals surface area contributed by atoms with Crippen LogP contribution in [0.1, 0.15) is 6.92 Å². The third kappa shape index (κ3) is 3.67. The SMILES string of the molecule is CC(=O)Nc1ccc(NS(=O)(=O)c2cc3oc(=O)[nH]c3cc2Cl)cc1. The molecule has 25 heavy (non-hydrogen) atoms. The molecule has 3 rings (SSSR count). The monoisotopic (exact) mass is 381 g/mol. The summed E-state index contributed by atoms with van der Waals surface area (Å²) in [4.78, 5) is 24.4. The summed E-state index contributed by atoms with van der Waals surface area (Å²) >= 11 is 6.02. The highest BCUT2D eigenvalue weighted by molar-refractivity contribution is 7.92. The number of hydrogen-bond acceptors (Lipinski definition) is 5. The van der Waals surface area contributed by atoms with E-state index in [9.17, 15) is 18.0 Å². The number of aromatic amines is 1. The molecule has 0 aliphatic rings. The molecule has 3 N–H and O–H groups in total. The van der Waals surface area contributed by atoms with Crippen LogP contribution in [-0.4, -0.2) is 19.3 Å². The van der Waals surface area contributed by atoms with Crippen molar-refractivity contribution in [3.8, 4) is 0 Å². The van der Waals surface area contributed by atoms with Crippen LogP contribution in [0.5, 0.6) is 0 Å². The molecule has 0 radical (unpaired) electrons. The molecular formula is C15H12ClN3O5S. The van der Waals surface area contributed by atoms with Crippen LogP contribution in [0.3, 0.4) is 0 Å². The van der Waals surface area contributed by atoms with E-state index < -0.39 is 15.8 Å². The van der Waals surface area contributed by atoms with Crippen LogP contribution in [-0.2, 0) is 14.8 Å². The minimum Gasteiger partial charge on any atom is -0.408 e. The minimum absolute atomic E-state index is 0.0630. The molecule has 3 aromatic rings. The van der Waals surface area contributed by atoms with E-state index >= 15 is 0 Å². The second-order valence-electron chi connectivity index (χ2n) is 5.16. The fourth-order valence-corrected chi connectivity index (χ4v) is 3.80. The Morgan fingerprint density at radius 1 is 1.16 bits per heavy atom. The van der Waals surface area contributed by atoms with E-state index in [1.54, 1.807) is 12.1 Å². The van der Waals surface area contributed by atoms with E-state index in [2.05, 4.69) is 15.0 Å². The molecule has 0 aliphatic carbocycles. The molecule has 1 amide bonds. The van der Waals surface area contributed by atoms with E-state index in [0.29, 0.717) is 11.2 Å². The highest BCUT2D eigenvalue weighted by atomic mass is 35.5. The van der Waals surface area contributed by atoms with E-state index in [1.165, 1.54) is 31.2 Å². The van der Waals surface area contributed by atoms with Gasteiger partial charge in [-0.05, 0) is 30.3 Å². The lowest BCUT2D eigenvalue weighted by molar-refractivity contribution is -0.114. The molecule has 2 aromatic carbocycles. The zero-order valence-electron chi connectivity index (χ0n) is 12.8. The normalized spacial score (nSPS) is 11.4. The number of nitrogens with one attached hydrogen (secondary N) is 3. The van der Waals surface area contributed by atoms with Crippen molar-refractivity contribution in [3.63, 3.8) is 0 Å². The van der Waals surface area contributed by atoms with Gasteiger partial charge in [0.15, 0.2) is 5.58 Å². The van der Waals surface area contributed by atoms with Gasteiger partial charge in [0.2, 0.25) is 5.91 Å². The van der Waals surface area contributed by atoms with Gasteiger partial charge in [-0.2, -0.15) is 0 Å². The van der Waals surface area contributed by atoms with E-state index in [4.69, 9.17) is 16.0 Å². The first kappa shape index (κ1) is 17.1. The molecule has 10 heteroatoms. The summed E-state index contributed by atoms with van der Waals surface area (Å²) in [7, 11) is -4.01. The molecule has 1 heterocycles. The standard InChI is InChI=1S/C15H12ClN3O5S/c1-8(20)17-9-2-4-10(5-3-9)19-25(22,23)14-7-13-12(6-11(14)16)18-15(21)24-13/h2-7,19H,1H3,(H,17,20)(H,18,21). The van der Waals surface area contributed by atoms with Crippen LogP contribution < -0.4 is 15.8 Å². The molecule has 0 bridgehead atoms. The number of carbonyl (C=O) groups is 1. The first-order valence-corrected chi connectivity index (χ1v) is 8.83. The predicted octanol–water partition coefficient (Wildman–Crippen LogP) is 2.53. The molecule has 0 saturated carbocycles. The number of hydrogen-bond donors (Lipinski definition) is 3. The van der Waals surface area contributed by atoms with Crippen LogP contribution in [0, 0.1) is 0 Å². The third-order valence-corrected chi connectivity index (χ3v) is 5.07. The van der Waals surface area contributed by atoms with Crippen molar-refractivity contribution >= 4 is 50.0 Å². The van der Waals surface area contributed by atoms with Gasteiger partial charge in [0.05, 0.1) is 10.5 Å². The number of H-pyrrole nitrogens is 1. The molecule has 0 atom stereocenters. The molecule has 0 aliphatic heterocycles. The highest BCUT2D eigenvalue weighted by Gasteiger charge is 2.20. The summed E-state index contributed by atoms with van der Waals surface area (Å²) in [6, 6.07) is 8.56. The number of amides is 1. The average Bonchev–Trinajstić information content (AvgIpc) is 2.86. The Morgan fingerprint density at radius 3 is 2.44 bits per heavy atom. The van der Waals surface area contributed by atoms with Crippen molar-refractivity contribution < 1.29 is 17.6 Å². The largest absolute Gasteiger partial charge is 0.417 e. The van der Waals surface area contributed by atoms with Crippen LogP contribution in [0.25, 0.3) is 11.1 Å². The van der Waals surface area contributed by atoms with Crippen molar-refractivity contribution in [1.82, 2.24) is 4.98 Å². The Kier molecular flexibility index (Phi) is 4.27. The zero-order valence-corrected chi connectivity index (χ0v) is 14.4. The fraction of sp³-hybridized carbons (Fsp3) is 0.0667. The number of fused-ring (bicyclic) bond motifs is 1. The lowest BCUT2D eigenvalue weighted by Gasteiger charge is -2.10. The van der Waals surface area contributed by atoms with Gasteiger partial charge in [0.1, 0.15) is 4.90 Å². The Labute approximate surface area is 146 Å². The Morgan fingerprint density at radius 2 is 1.80 bits per heavy atom. The minimum atomic E-state index is -4.01. The topological polar surface area (TPSA) is 121 Å². The lowest BCUT2D eigenvalue weighted by Crippen LogP contribution is -2.13. The van der Waals surface area contributed by atoms with Gasteiger partial charge >= 0.3 is 5.76 Å². The van der Waals surface area contributed by atoms with Crippen molar-refractivity contribution in [2.24, 2.45) is 0 Å². The van der Waals surface area contributed by atoms with E-state index in [-0.39, 0.29) is 27.1 Å². The molecular weight excluding hydrogens is 370 g/mol. The average molecular weight is 382 g/mol. The maximum Gasteiger partial charge on any atom is 0.417 e. The number of halogens is 1. The number of aromatic nitrogens is 1. The summed E-state index contributed by atoms with van der Waals surface area (Å²) in [6.45, 7) is 1.37. The first-order valence-electron chi connectivity index (χ1n) is 6.97. The van der Waals surface area contributed by atoms with Crippen LogP contribution in [0.15, 0.2) is 50.5 Å². The van der Waals surface area contributed by atoms with Crippen LogP contribution in [0.2, 0.25) is 5.02 Å². The second kappa shape index (κ2) is 6.26. The highest BCUT2D eigenvalue weighted by Crippen LogP contribution is 2.28. The Bertz CT molecular complexity index is 1120. The smallest absolute Gasteiger partial charge is 0.408 e. The third-order valence-electron chi connectivity index (χ3n) is 3.22. The number of benzene rings is 2. The van der Waals surface area contributed by atoms with Gasteiger partial charge < -0.3 is 9.73 Å². The predicted molar refractivity (Wildman–Crippen MR) is 93.4 cm³/mol. The van der Waals surface area contributed by atoms with Crippen molar-refractivity contribution in [2.75, 3.05) is 10.0 Å². The second-order valence-corrected chi connectivity index (χ2v) is 7.22. The summed E-state index contributed by atoms with van der Waals surface area (Å²) in [5, 5.41) is 2.51. The van der Waals surface area contributed by atoms with Gasteiger partial charge in [0, 0.05) is 24.4 Å². The molecule has 0 spiro atoms. The van der Waals surface area contributed by atoms with Crippen LogP contribution >= 0.6 is 11.6 Å². The van der Waals surface area contributed by atoms with Gasteiger partial charge in [-0.1, -0.05) is 11.6 Å². The Balaban J connectivity index is 1.92. The summed E-state index contributed by atoms with van der Waals surface area (Å²) in [5.74, 6) is -0.941. The van der Waals surface area contributed by atoms with Crippen LogP contribution in [0.4, 0.5) is 11.4 Å². The summed E-state index contributed by atoms with van der Waals surface area (Å²) in [6.07, 6.45) is 0. The quantitative estimate of drug-likeness (QED) is 0.641. The van der Waals surface area contributed by atoms with Crippen molar-refractivity contribution in [1.29, 1.82) is 0 Å². The Hall–Kier alpha value is -2.78. The fourth-order valence-electron chi connectivity index (χ4n) is 2.19. The van der Waals surface area contributed by atoms with Crippen molar-refractivity contribution in [3.05, 3.63) is 52.0 Å². The number of carbonyl (C=O) groups excluding carboxylic acids is 1. The molecule has 0 saturated heterocycles. The zero-order chi connectivity index (χ0) is 18.2. The van der Waals surface area contributed by atoms with E-state index in [0.717, 1.165) is 0 Å². The van der Waals surface area contributed by atoms with Gasteiger partial charge in [-0.3, -0.25) is 14.5 Å². The summed E-state index contributed by atoms with van der Waals surface area (Å²) < 4.78 is 32.3. The molecule has 130 valence electrons. The maximum atomic E-state index is 12.5. The molecule has 0 unspecified atom stereocenters. The summed E-state index contributed by atoms with van der Waals surface area (Å²) in [5.41, 5.74) is 1.19. The van der Waals surface area contributed by atoms with Gasteiger partial charge in [-0.25, -0.2) is 13.2 Å². The van der Waals surface area contributed by atoms with Crippen molar-refractivity contribution in [2.45, 2.75) is 11.8 Å². The number of sulfonamides is 1. The molecule has 8 nitrogen and oxygen atoms in total.